The smallest absolute Gasteiger partial charge is 0.315 e. The first kappa shape index (κ1) is 17.6. The Labute approximate surface area is 137 Å². The van der Waals surface area contributed by atoms with E-state index in [9.17, 15) is 13.2 Å². The van der Waals surface area contributed by atoms with Gasteiger partial charge >= 0.3 is 6.03 Å². The van der Waals surface area contributed by atoms with Crippen molar-refractivity contribution in [2.75, 3.05) is 24.7 Å². The average molecular weight is 340 g/mol. The second-order valence-corrected chi connectivity index (χ2v) is 8.31. The Morgan fingerprint density at radius 1 is 1.26 bits per heavy atom. The summed E-state index contributed by atoms with van der Waals surface area (Å²) < 4.78 is 28.4. The fourth-order valence-corrected chi connectivity index (χ4v) is 4.53. The Kier molecular flexibility index (Phi) is 5.51. The summed E-state index contributed by atoms with van der Waals surface area (Å²) in [5.74, 6) is 1.02. The van der Waals surface area contributed by atoms with Crippen molar-refractivity contribution in [3.8, 4) is 5.75 Å². The molecule has 1 aliphatic heterocycles. The molecule has 2 N–H and O–H groups in total. The number of carbonyl (C=O) groups excluding carboxylic acids is 1. The predicted molar refractivity (Wildman–Crippen MR) is 89.7 cm³/mol. The van der Waals surface area contributed by atoms with Gasteiger partial charge in [0.25, 0.3) is 0 Å². The largest absolute Gasteiger partial charge is 0.491 e. The number of sulfone groups is 1. The van der Waals surface area contributed by atoms with Gasteiger partial charge in [0.1, 0.15) is 12.4 Å². The van der Waals surface area contributed by atoms with Gasteiger partial charge in [-0.3, -0.25) is 0 Å². The zero-order valence-electron chi connectivity index (χ0n) is 13.8. The van der Waals surface area contributed by atoms with Crippen molar-refractivity contribution in [1.29, 1.82) is 0 Å². The first-order valence-corrected chi connectivity index (χ1v) is 9.54. The van der Waals surface area contributed by atoms with Crippen LogP contribution in [0.1, 0.15) is 23.1 Å². The van der Waals surface area contributed by atoms with E-state index in [-0.39, 0.29) is 23.6 Å². The van der Waals surface area contributed by atoms with E-state index in [4.69, 9.17) is 4.74 Å². The van der Waals surface area contributed by atoms with Crippen LogP contribution in [0, 0.1) is 20.8 Å². The van der Waals surface area contributed by atoms with Crippen molar-refractivity contribution in [1.82, 2.24) is 10.6 Å². The van der Waals surface area contributed by atoms with Crippen molar-refractivity contribution in [3.05, 3.63) is 28.8 Å². The van der Waals surface area contributed by atoms with Crippen LogP contribution in [0.5, 0.6) is 5.75 Å². The fraction of sp³-hybridized carbons (Fsp3) is 0.562. The summed E-state index contributed by atoms with van der Waals surface area (Å²) in [5, 5.41) is 5.37. The highest BCUT2D eigenvalue weighted by atomic mass is 32.2. The zero-order valence-corrected chi connectivity index (χ0v) is 14.6. The minimum Gasteiger partial charge on any atom is -0.491 e. The molecular formula is C16H24N2O4S. The summed E-state index contributed by atoms with van der Waals surface area (Å²) in [7, 11) is -2.98. The Morgan fingerprint density at radius 2 is 1.91 bits per heavy atom. The molecule has 0 spiro atoms. The van der Waals surface area contributed by atoms with Crippen LogP contribution in [0.4, 0.5) is 4.79 Å². The fourth-order valence-electron chi connectivity index (χ4n) is 2.86. The highest BCUT2D eigenvalue weighted by Gasteiger charge is 2.28. The van der Waals surface area contributed by atoms with Gasteiger partial charge in [-0.15, -0.1) is 0 Å². The highest BCUT2D eigenvalue weighted by molar-refractivity contribution is 7.91. The molecule has 128 valence electrons. The van der Waals surface area contributed by atoms with Crippen LogP contribution >= 0.6 is 0 Å². The molecule has 0 aliphatic carbocycles. The molecular weight excluding hydrogens is 316 g/mol. The lowest BCUT2D eigenvalue weighted by molar-refractivity contribution is 0.233. The van der Waals surface area contributed by atoms with Gasteiger partial charge in [-0.25, -0.2) is 13.2 Å². The minimum atomic E-state index is -2.98. The molecule has 1 atom stereocenters. The summed E-state index contributed by atoms with van der Waals surface area (Å²) in [6.45, 7) is 6.75. The highest BCUT2D eigenvalue weighted by Crippen LogP contribution is 2.24. The van der Waals surface area contributed by atoms with Crippen molar-refractivity contribution in [2.24, 2.45) is 0 Å². The van der Waals surface area contributed by atoms with Crippen LogP contribution in [0.2, 0.25) is 0 Å². The van der Waals surface area contributed by atoms with Crippen LogP contribution in [0.3, 0.4) is 0 Å². The molecule has 0 radical (unpaired) electrons. The van der Waals surface area contributed by atoms with Crippen LogP contribution < -0.4 is 15.4 Å². The minimum absolute atomic E-state index is 0.0265. The van der Waals surface area contributed by atoms with Gasteiger partial charge in [-0.1, -0.05) is 17.7 Å². The Hall–Kier alpha value is -1.76. The first-order valence-electron chi connectivity index (χ1n) is 7.72. The maximum Gasteiger partial charge on any atom is 0.315 e. The Morgan fingerprint density at radius 3 is 2.48 bits per heavy atom. The lowest BCUT2D eigenvalue weighted by atomic mass is 10.1. The normalized spacial score (nSPS) is 19.3. The molecule has 1 saturated heterocycles. The second-order valence-electron chi connectivity index (χ2n) is 6.08. The van der Waals surface area contributed by atoms with Gasteiger partial charge in [0.15, 0.2) is 9.84 Å². The molecule has 1 unspecified atom stereocenters. The van der Waals surface area contributed by atoms with Crippen LogP contribution in [-0.2, 0) is 9.84 Å². The molecule has 1 aromatic carbocycles. The SMILES string of the molecule is Cc1cc(C)c(OCCNC(=O)NC2CCS(=O)(=O)C2)c(C)c1. The van der Waals surface area contributed by atoms with E-state index in [1.54, 1.807) is 0 Å². The van der Waals surface area contributed by atoms with Gasteiger partial charge in [0.05, 0.1) is 18.1 Å². The topological polar surface area (TPSA) is 84.5 Å². The van der Waals surface area contributed by atoms with E-state index < -0.39 is 9.84 Å². The van der Waals surface area contributed by atoms with Gasteiger partial charge in [-0.2, -0.15) is 0 Å². The number of benzene rings is 1. The van der Waals surface area contributed by atoms with Crippen LogP contribution in [0.15, 0.2) is 12.1 Å². The number of aryl methyl sites for hydroxylation is 3. The number of carbonyl (C=O) groups is 1. The molecule has 2 rings (SSSR count). The summed E-state index contributed by atoms with van der Waals surface area (Å²) in [5.41, 5.74) is 3.34. The Bertz CT molecular complexity index is 662. The quantitative estimate of drug-likeness (QED) is 0.795. The molecule has 0 saturated carbocycles. The monoisotopic (exact) mass is 340 g/mol. The summed E-state index contributed by atoms with van der Waals surface area (Å²) in [6, 6.07) is 3.47. The summed E-state index contributed by atoms with van der Waals surface area (Å²) in [6.07, 6.45) is 0.480. The van der Waals surface area contributed by atoms with Crippen molar-refractivity contribution in [3.63, 3.8) is 0 Å². The Balaban J connectivity index is 1.72. The third-order valence-corrected chi connectivity index (χ3v) is 5.57. The third kappa shape index (κ3) is 5.13. The van der Waals surface area contributed by atoms with E-state index in [1.807, 2.05) is 20.8 Å². The molecule has 6 nitrogen and oxygen atoms in total. The number of rotatable bonds is 5. The number of urea groups is 1. The first-order chi connectivity index (χ1) is 10.8. The number of hydrogen-bond donors (Lipinski definition) is 2. The lowest BCUT2D eigenvalue weighted by Gasteiger charge is -2.15. The molecule has 1 aliphatic rings. The zero-order chi connectivity index (χ0) is 17.0. The molecule has 1 fully saturated rings. The number of ether oxygens (including phenoxy) is 1. The summed E-state index contributed by atoms with van der Waals surface area (Å²) >= 11 is 0. The van der Waals surface area contributed by atoms with Gasteiger partial charge in [0, 0.05) is 6.04 Å². The average Bonchev–Trinajstić information content (AvgIpc) is 2.75. The molecule has 1 aromatic rings. The third-order valence-electron chi connectivity index (χ3n) is 3.81. The van der Waals surface area contributed by atoms with Crippen LogP contribution in [0.25, 0.3) is 0 Å². The van der Waals surface area contributed by atoms with Crippen molar-refractivity contribution in [2.45, 2.75) is 33.2 Å². The van der Waals surface area contributed by atoms with E-state index in [2.05, 4.69) is 22.8 Å². The van der Waals surface area contributed by atoms with E-state index >= 15 is 0 Å². The number of nitrogens with one attached hydrogen (secondary N) is 2. The molecule has 23 heavy (non-hydrogen) atoms. The second kappa shape index (κ2) is 7.21. The molecule has 2 amide bonds. The standard InChI is InChI=1S/C16H24N2O4S/c1-11-8-12(2)15(13(3)9-11)22-6-5-17-16(19)18-14-4-7-23(20,21)10-14/h8-9,14H,4-7,10H2,1-3H3,(H2,17,18,19). The lowest BCUT2D eigenvalue weighted by Crippen LogP contribution is -2.43. The molecule has 0 aromatic heterocycles. The van der Waals surface area contributed by atoms with Crippen LogP contribution in [-0.4, -0.2) is 45.1 Å². The number of hydrogen-bond acceptors (Lipinski definition) is 4. The van der Waals surface area contributed by atoms with E-state index in [1.165, 1.54) is 5.56 Å². The maximum atomic E-state index is 11.7. The van der Waals surface area contributed by atoms with Gasteiger partial charge in [-0.05, 0) is 38.3 Å². The molecule has 7 heteroatoms. The van der Waals surface area contributed by atoms with Gasteiger partial charge in [0.2, 0.25) is 0 Å². The number of amides is 2. The predicted octanol–water partition coefficient (Wildman–Crippen LogP) is 1.48. The molecule has 0 bridgehead atoms. The van der Waals surface area contributed by atoms with E-state index in [0.717, 1.165) is 16.9 Å². The maximum absolute atomic E-state index is 11.7. The van der Waals surface area contributed by atoms with Gasteiger partial charge < -0.3 is 15.4 Å². The van der Waals surface area contributed by atoms with Crippen molar-refractivity contribution >= 4 is 15.9 Å². The van der Waals surface area contributed by atoms with E-state index in [0.29, 0.717) is 19.6 Å². The van der Waals surface area contributed by atoms with Crippen molar-refractivity contribution < 1.29 is 17.9 Å². The summed E-state index contributed by atoms with van der Waals surface area (Å²) in [4.78, 5) is 11.7. The molecule has 1 heterocycles.